The Bertz CT molecular complexity index is 378. The number of hydrogen-bond donors (Lipinski definition) is 0. The number of carbonyl (C=O) groups excluding carboxylic acids is 1. The number of methoxy groups -OCH3 is 1. The van der Waals surface area contributed by atoms with Gasteiger partial charge in [0.2, 0.25) is 6.41 Å². The van der Waals surface area contributed by atoms with E-state index in [2.05, 4.69) is 4.98 Å². The molecule has 0 unspecified atom stereocenters. The highest BCUT2D eigenvalue weighted by Crippen LogP contribution is 2.35. The summed E-state index contributed by atoms with van der Waals surface area (Å²) in [6.07, 6.45) is 2.51. The zero-order chi connectivity index (χ0) is 10.8. The average Bonchev–Trinajstić information content (AvgIpc) is 2.16. The maximum absolute atomic E-state index is 10.4. The number of likely N-dealkylation sites (tertiary alicyclic amines) is 1. The SMILES string of the molecule is COc1c(C2CN(C=O)C2)ccnc1Cl. The molecule has 80 valence electrons. The van der Waals surface area contributed by atoms with Gasteiger partial charge in [-0.25, -0.2) is 4.98 Å². The third-order valence-electron chi connectivity index (χ3n) is 2.59. The fourth-order valence-corrected chi connectivity index (χ4v) is 2.00. The topological polar surface area (TPSA) is 42.4 Å². The number of carbonyl (C=O) groups is 1. The Labute approximate surface area is 92.8 Å². The van der Waals surface area contributed by atoms with Crippen LogP contribution in [0.15, 0.2) is 12.3 Å². The maximum atomic E-state index is 10.4. The molecule has 1 amide bonds. The molecule has 2 heterocycles. The highest BCUT2D eigenvalue weighted by Gasteiger charge is 2.29. The first kappa shape index (κ1) is 10.2. The van der Waals surface area contributed by atoms with Gasteiger partial charge < -0.3 is 9.64 Å². The summed E-state index contributed by atoms with van der Waals surface area (Å²) in [5.74, 6) is 0.931. The molecule has 0 spiro atoms. The number of hydrogen-bond acceptors (Lipinski definition) is 3. The van der Waals surface area contributed by atoms with E-state index in [1.165, 1.54) is 0 Å². The first-order chi connectivity index (χ1) is 7.26. The second kappa shape index (κ2) is 4.06. The second-order valence-electron chi connectivity index (χ2n) is 3.48. The van der Waals surface area contributed by atoms with Crippen molar-refractivity contribution in [2.24, 2.45) is 0 Å². The predicted octanol–water partition coefficient (Wildman–Crippen LogP) is 1.30. The Hall–Kier alpha value is -1.29. The number of pyridine rings is 1. The van der Waals surface area contributed by atoms with E-state index in [9.17, 15) is 4.79 Å². The Balaban J connectivity index is 2.22. The molecule has 15 heavy (non-hydrogen) atoms. The molecule has 1 fully saturated rings. The maximum Gasteiger partial charge on any atom is 0.209 e. The molecular formula is C10H11ClN2O2. The van der Waals surface area contributed by atoms with Crippen LogP contribution in [0.5, 0.6) is 5.75 Å². The molecule has 1 aliphatic heterocycles. The number of aromatic nitrogens is 1. The Morgan fingerprint density at radius 1 is 1.67 bits per heavy atom. The van der Waals surface area contributed by atoms with Crippen LogP contribution in [0.4, 0.5) is 0 Å². The van der Waals surface area contributed by atoms with E-state index in [0.29, 0.717) is 16.8 Å². The van der Waals surface area contributed by atoms with Crippen LogP contribution >= 0.6 is 11.6 Å². The summed E-state index contributed by atoms with van der Waals surface area (Å²) in [5.41, 5.74) is 1.02. The lowest BCUT2D eigenvalue weighted by atomic mass is 9.92. The minimum atomic E-state index is 0.311. The van der Waals surface area contributed by atoms with Crippen molar-refractivity contribution in [1.82, 2.24) is 9.88 Å². The van der Waals surface area contributed by atoms with Crippen molar-refractivity contribution in [3.63, 3.8) is 0 Å². The van der Waals surface area contributed by atoms with Gasteiger partial charge in [0.05, 0.1) is 7.11 Å². The summed E-state index contributed by atoms with van der Waals surface area (Å²) in [6.45, 7) is 1.44. The molecule has 4 nitrogen and oxygen atoms in total. The van der Waals surface area contributed by atoms with Crippen molar-refractivity contribution in [2.45, 2.75) is 5.92 Å². The first-order valence-electron chi connectivity index (χ1n) is 4.64. The fourth-order valence-electron chi connectivity index (χ4n) is 1.76. The van der Waals surface area contributed by atoms with Crippen LogP contribution in [0.2, 0.25) is 5.15 Å². The normalized spacial score (nSPS) is 16.0. The third kappa shape index (κ3) is 1.77. The lowest BCUT2D eigenvalue weighted by Gasteiger charge is -2.37. The lowest BCUT2D eigenvalue weighted by Crippen LogP contribution is -2.43. The zero-order valence-corrected chi connectivity index (χ0v) is 9.07. The molecular weight excluding hydrogens is 216 g/mol. The second-order valence-corrected chi connectivity index (χ2v) is 3.84. The summed E-state index contributed by atoms with van der Waals surface area (Å²) < 4.78 is 5.20. The van der Waals surface area contributed by atoms with Crippen molar-refractivity contribution in [2.75, 3.05) is 20.2 Å². The van der Waals surface area contributed by atoms with E-state index in [1.807, 2.05) is 6.07 Å². The molecule has 5 heteroatoms. The van der Waals surface area contributed by atoms with Gasteiger partial charge >= 0.3 is 0 Å². The molecule has 0 radical (unpaired) electrons. The minimum absolute atomic E-state index is 0.311. The van der Waals surface area contributed by atoms with Crippen LogP contribution < -0.4 is 4.74 Å². The molecule has 0 saturated carbocycles. The average molecular weight is 227 g/mol. The first-order valence-corrected chi connectivity index (χ1v) is 5.01. The van der Waals surface area contributed by atoms with Crippen molar-refractivity contribution in [3.05, 3.63) is 23.0 Å². The molecule has 0 atom stereocenters. The van der Waals surface area contributed by atoms with Gasteiger partial charge in [-0.15, -0.1) is 0 Å². The molecule has 1 saturated heterocycles. The fraction of sp³-hybridized carbons (Fsp3) is 0.400. The van der Waals surface area contributed by atoms with Gasteiger partial charge in [0.25, 0.3) is 0 Å². The molecule has 1 aliphatic rings. The zero-order valence-electron chi connectivity index (χ0n) is 8.31. The van der Waals surface area contributed by atoms with E-state index in [4.69, 9.17) is 16.3 Å². The summed E-state index contributed by atoms with van der Waals surface area (Å²) in [5, 5.41) is 0.375. The van der Waals surface area contributed by atoms with Gasteiger partial charge in [0.15, 0.2) is 10.9 Å². The van der Waals surface area contributed by atoms with Crippen molar-refractivity contribution < 1.29 is 9.53 Å². The molecule has 0 aliphatic carbocycles. The van der Waals surface area contributed by atoms with E-state index in [1.54, 1.807) is 18.2 Å². The van der Waals surface area contributed by atoms with Crippen molar-refractivity contribution >= 4 is 18.0 Å². The van der Waals surface area contributed by atoms with E-state index >= 15 is 0 Å². The van der Waals surface area contributed by atoms with Crippen LogP contribution in [0.1, 0.15) is 11.5 Å². The summed E-state index contributed by atoms with van der Waals surface area (Å²) in [7, 11) is 1.57. The number of ether oxygens (including phenoxy) is 1. The van der Waals surface area contributed by atoms with E-state index < -0.39 is 0 Å². The van der Waals surface area contributed by atoms with Crippen LogP contribution in [0.3, 0.4) is 0 Å². The van der Waals surface area contributed by atoms with Gasteiger partial charge in [-0.05, 0) is 6.07 Å². The van der Waals surface area contributed by atoms with Crippen LogP contribution in [0.25, 0.3) is 0 Å². The summed E-state index contributed by atoms with van der Waals surface area (Å²) in [4.78, 5) is 16.1. The number of halogens is 1. The lowest BCUT2D eigenvalue weighted by molar-refractivity contribution is -0.122. The van der Waals surface area contributed by atoms with Crippen LogP contribution in [-0.2, 0) is 4.79 Å². The molecule has 2 rings (SSSR count). The highest BCUT2D eigenvalue weighted by atomic mass is 35.5. The Morgan fingerprint density at radius 2 is 2.40 bits per heavy atom. The molecule has 0 N–H and O–H groups in total. The number of rotatable bonds is 3. The standard InChI is InChI=1S/C10H11ClN2O2/c1-15-9-8(2-3-12-10(9)11)7-4-13(5-7)6-14/h2-3,6-7H,4-5H2,1H3. The largest absolute Gasteiger partial charge is 0.493 e. The number of nitrogens with zero attached hydrogens (tertiary/aromatic N) is 2. The van der Waals surface area contributed by atoms with Crippen LogP contribution in [-0.4, -0.2) is 36.5 Å². The van der Waals surface area contributed by atoms with Crippen molar-refractivity contribution in [3.8, 4) is 5.75 Å². The smallest absolute Gasteiger partial charge is 0.209 e. The van der Waals surface area contributed by atoms with Gasteiger partial charge in [0, 0.05) is 30.8 Å². The van der Waals surface area contributed by atoms with Gasteiger partial charge in [-0.3, -0.25) is 4.79 Å². The van der Waals surface area contributed by atoms with Crippen molar-refractivity contribution in [1.29, 1.82) is 0 Å². The predicted molar refractivity (Wildman–Crippen MR) is 56.2 cm³/mol. The Morgan fingerprint density at radius 3 is 3.00 bits per heavy atom. The molecule has 1 aromatic heterocycles. The van der Waals surface area contributed by atoms with E-state index in [-0.39, 0.29) is 0 Å². The quantitative estimate of drug-likeness (QED) is 0.576. The number of amides is 1. The van der Waals surface area contributed by atoms with E-state index in [0.717, 1.165) is 25.1 Å². The molecule has 0 aromatic carbocycles. The Kier molecular flexibility index (Phi) is 2.77. The molecule has 0 bridgehead atoms. The monoisotopic (exact) mass is 226 g/mol. The summed E-state index contributed by atoms with van der Waals surface area (Å²) >= 11 is 5.91. The highest BCUT2D eigenvalue weighted by molar-refractivity contribution is 6.30. The van der Waals surface area contributed by atoms with Gasteiger partial charge in [0.1, 0.15) is 0 Å². The van der Waals surface area contributed by atoms with Crippen LogP contribution in [0, 0.1) is 0 Å². The third-order valence-corrected chi connectivity index (χ3v) is 2.86. The summed E-state index contributed by atoms with van der Waals surface area (Å²) in [6, 6.07) is 1.89. The molecule has 1 aromatic rings. The van der Waals surface area contributed by atoms with Gasteiger partial charge in [-0.1, -0.05) is 11.6 Å². The van der Waals surface area contributed by atoms with Gasteiger partial charge in [-0.2, -0.15) is 0 Å². The minimum Gasteiger partial charge on any atom is -0.493 e.